The molecule has 0 aromatic carbocycles. The van der Waals surface area contributed by atoms with Crippen LogP contribution in [0.15, 0.2) is 0 Å². The minimum absolute atomic E-state index is 1.03. The molecule has 1 saturated heterocycles. The van der Waals surface area contributed by atoms with E-state index in [1.807, 2.05) is 0 Å². The van der Waals surface area contributed by atoms with Gasteiger partial charge in [0.1, 0.15) is 0 Å². The average Bonchev–Trinajstić information content (AvgIpc) is 2.05. The molecule has 0 radical (unpaired) electrons. The summed E-state index contributed by atoms with van der Waals surface area (Å²) in [4.78, 5) is 0. The number of rotatable bonds is 0. The van der Waals surface area contributed by atoms with Crippen LogP contribution in [0.1, 0.15) is 38.5 Å². The summed E-state index contributed by atoms with van der Waals surface area (Å²) in [6.45, 7) is 1.40. The fraction of sp³-hybridized carbons (Fsp3) is 1.00. The molecule has 2 N–H and O–H groups in total. The highest BCUT2D eigenvalue weighted by Gasteiger charge is 2.29. The largest absolute Gasteiger partial charge is 0.344 e. The van der Waals surface area contributed by atoms with Crippen LogP contribution in [0.25, 0.3) is 0 Å². The minimum atomic E-state index is 1.03. The molecular weight excluding hydrogens is 122 g/mol. The zero-order valence-corrected chi connectivity index (χ0v) is 6.68. The number of piperidine rings is 1. The van der Waals surface area contributed by atoms with Crippen LogP contribution in [-0.2, 0) is 0 Å². The van der Waals surface area contributed by atoms with Crippen LogP contribution in [0.5, 0.6) is 0 Å². The number of quaternary nitrogens is 1. The first-order valence-electron chi connectivity index (χ1n) is 4.80. The quantitative estimate of drug-likeness (QED) is 0.515. The van der Waals surface area contributed by atoms with Crippen LogP contribution >= 0.6 is 0 Å². The van der Waals surface area contributed by atoms with Gasteiger partial charge in [-0.2, -0.15) is 0 Å². The number of hydrogen-bond donors (Lipinski definition) is 1. The molecule has 1 nitrogen and oxygen atoms in total. The van der Waals surface area contributed by atoms with Crippen LogP contribution in [0.2, 0.25) is 0 Å². The van der Waals surface area contributed by atoms with Gasteiger partial charge in [0.25, 0.3) is 0 Å². The predicted molar refractivity (Wildman–Crippen MR) is 41.8 cm³/mol. The molecule has 2 atom stereocenters. The molecular formula is C9H18N+. The second-order valence-corrected chi connectivity index (χ2v) is 3.87. The summed E-state index contributed by atoms with van der Waals surface area (Å²) in [5, 5.41) is 2.59. The van der Waals surface area contributed by atoms with Crippen LogP contribution < -0.4 is 5.32 Å². The van der Waals surface area contributed by atoms with Crippen LogP contribution in [0.4, 0.5) is 0 Å². The van der Waals surface area contributed by atoms with E-state index < -0.39 is 0 Å². The molecule has 1 saturated carbocycles. The Labute approximate surface area is 63.2 Å². The van der Waals surface area contributed by atoms with Crippen molar-refractivity contribution in [1.29, 1.82) is 0 Å². The maximum Gasteiger partial charge on any atom is 0.0887 e. The summed E-state index contributed by atoms with van der Waals surface area (Å²) in [5.41, 5.74) is 0. The van der Waals surface area contributed by atoms with Crippen molar-refractivity contribution >= 4 is 0 Å². The highest BCUT2D eigenvalue weighted by atomic mass is 14.9. The van der Waals surface area contributed by atoms with Crippen molar-refractivity contribution in [2.75, 3.05) is 6.54 Å². The van der Waals surface area contributed by atoms with Crippen molar-refractivity contribution in [3.8, 4) is 0 Å². The molecule has 58 valence electrons. The van der Waals surface area contributed by atoms with Crippen molar-refractivity contribution in [2.24, 2.45) is 5.92 Å². The van der Waals surface area contributed by atoms with Gasteiger partial charge >= 0.3 is 0 Å². The van der Waals surface area contributed by atoms with E-state index in [-0.39, 0.29) is 0 Å². The smallest absolute Gasteiger partial charge is 0.0887 e. The summed E-state index contributed by atoms with van der Waals surface area (Å²) >= 11 is 0. The summed E-state index contributed by atoms with van der Waals surface area (Å²) in [7, 11) is 0. The third kappa shape index (κ3) is 1.20. The summed E-state index contributed by atoms with van der Waals surface area (Å²) in [5.74, 6) is 1.10. The maximum absolute atomic E-state index is 2.59. The summed E-state index contributed by atoms with van der Waals surface area (Å²) in [6, 6.07) is 1.03. The molecule has 0 unspecified atom stereocenters. The van der Waals surface area contributed by atoms with Gasteiger partial charge in [-0.05, 0) is 32.1 Å². The van der Waals surface area contributed by atoms with Crippen LogP contribution in [0.3, 0.4) is 0 Å². The second-order valence-electron chi connectivity index (χ2n) is 3.87. The van der Waals surface area contributed by atoms with Crippen molar-refractivity contribution < 1.29 is 5.32 Å². The van der Waals surface area contributed by atoms with Crippen molar-refractivity contribution in [2.45, 2.75) is 44.6 Å². The molecule has 2 fully saturated rings. The lowest BCUT2D eigenvalue weighted by atomic mass is 9.80. The Hall–Kier alpha value is -0.0400. The van der Waals surface area contributed by atoms with Gasteiger partial charge in [0.2, 0.25) is 0 Å². The van der Waals surface area contributed by atoms with Gasteiger partial charge in [-0.3, -0.25) is 0 Å². The van der Waals surface area contributed by atoms with Gasteiger partial charge in [-0.15, -0.1) is 0 Å². The molecule has 1 aliphatic heterocycles. The van der Waals surface area contributed by atoms with Crippen LogP contribution in [0, 0.1) is 5.92 Å². The normalized spacial score (nSPS) is 40.8. The van der Waals surface area contributed by atoms with E-state index >= 15 is 0 Å². The van der Waals surface area contributed by atoms with E-state index in [0.29, 0.717) is 0 Å². The maximum atomic E-state index is 2.59. The van der Waals surface area contributed by atoms with Gasteiger partial charge in [-0.1, -0.05) is 6.42 Å². The SMILES string of the molecule is C1CC[C@@H]2[NH2+]CCC[C@H]2C1. The van der Waals surface area contributed by atoms with Crippen LogP contribution in [-0.4, -0.2) is 12.6 Å². The van der Waals surface area contributed by atoms with Gasteiger partial charge < -0.3 is 5.32 Å². The fourth-order valence-electron chi connectivity index (χ4n) is 2.62. The standard InChI is InChI=1S/C9H17N/c1-2-6-9-8(4-1)5-3-7-10-9/h8-10H,1-7H2/p+1/t8-,9+/m1/s1. The predicted octanol–water partition coefficient (Wildman–Crippen LogP) is 0.902. The van der Waals surface area contributed by atoms with E-state index in [2.05, 4.69) is 5.32 Å². The Morgan fingerprint density at radius 3 is 2.60 bits per heavy atom. The van der Waals surface area contributed by atoms with Gasteiger partial charge in [-0.25, -0.2) is 0 Å². The molecule has 0 aromatic rings. The molecule has 2 rings (SSSR count). The summed E-state index contributed by atoms with van der Waals surface area (Å²) < 4.78 is 0. The van der Waals surface area contributed by atoms with Gasteiger partial charge in [0, 0.05) is 5.92 Å². The minimum Gasteiger partial charge on any atom is -0.344 e. The molecule has 1 heterocycles. The molecule has 0 amide bonds. The monoisotopic (exact) mass is 140 g/mol. The first-order valence-corrected chi connectivity index (χ1v) is 4.80. The van der Waals surface area contributed by atoms with Crippen molar-refractivity contribution in [3.63, 3.8) is 0 Å². The Bertz CT molecular complexity index is 85.3. The number of nitrogens with two attached hydrogens (primary N) is 1. The van der Waals surface area contributed by atoms with Crippen molar-refractivity contribution in [1.82, 2.24) is 0 Å². The zero-order valence-electron chi connectivity index (χ0n) is 6.68. The van der Waals surface area contributed by atoms with Gasteiger partial charge in [0.15, 0.2) is 0 Å². The molecule has 1 heteroatoms. The third-order valence-corrected chi connectivity index (χ3v) is 3.22. The molecule has 0 spiro atoms. The highest BCUT2D eigenvalue weighted by molar-refractivity contribution is 4.75. The van der Waals surface area contributed by atoms with Gasteiger partial charge in [0.05, 0.1) is 12.6 Å². The molecule has 0 bridgehead atoms. The third-order valence-electron chi connectivity index (χ3n) is 3.22. The Morgan fingerprint density at radius 2 is 1.70 bits per heavy atom. The fourth-order valence-corrected chi connectivity index (χ4v) is 2.62. The molecule has 0 aromatic heterocycles. The zero-order chi connectivity index (χ0) is 6.81. The topological polar surface area (TPSA) is 16.6 Å². The Kier molecular flexibility index (Phi) is 1.94. The molecule has 10 heavy (non-hydrogen) atoms. The lowest BCUT2D eigenvalue weighted by molar-refractivity contribution is -0.706. The molecule has 1 aliphatic carbocycles. The van der Waals surface area contributed by atoms with E-state index in [4.69, 9.17) is 0 Å². The van der Waals surface area contributed by atoms with E-state index in [1.165, 1.54) is 45.1 Å². The first kappa shape index (κ1) is 6.66. The lowest BCUT2D eigenvalue weighted by Gasteiger charge is -2.33. The second kappa shape index (κ2) is 2.91. The first-order chi connectivity index (χ1) is 4.97. The van der Waals surface area contributed by atoms with E-state index in [9.17, 15) is 0 Å². The lowest BCUT2D eigenvalue weighted by Crippen LogP contribution is -2.93. The highest BCUT2D eigenvalue weighted by Crippen LogP contribution is 2.27. The number of hydrogen-bond acceptors (Lipinski definition) is 0. The Balaban J connectivity index is 1.93. The molecule has 2 aliphatic rings. The Morgan fingerprint density at radius 1 is 0.900 bits per heavy atom. The van der Waals surface area contributed by atoms with E-state index in [1.54, 1.807) is 0 Å². The van der Waals surface area contributed by atoms with E-state index in [0.717, 1.165) is 12.0 Å². The number of fused-ring (bicyclic) bond motifs is 1. The summed E-state index contributed by atoms with van der Waals surface area (Å²) in [6.07, 6.45) is 9.04. The van der Waals surface area contributed by atoms with Crippen molar-refractivity contribution in [3.05, 3.63) is 0 Å². The average molecular weight is 140 g/mol.